The molecule has 5 nitrogen and oxygen atoms in total. The highest BCUT2D eigenvalue weighted by molar-refractivity contribution is 7.11. The summed E-state index contributed by atoms with van der Waals surface area (Å²) < 4.78 is 0. The summed E-state index contributed by atoms with van der Waals surface area (Å²) in [6, 6.07) is 1.98. The Kier molecular flexibility index (Phi) is 6.21. The van der Waals surface area contributed by atoms with E-state index in [1.54, 1.807) is 17.6 Å². The van der Waals surface area contributed by atoms with Crippen LogP contribution in [0.2, 0.25) is 0 Å². The molecule has 2 amide bonds. The van der Waals surface area contributed by atoms with Crippen molar-refractivity contribution in [1.82, 2.24) is 10.7 Å². The van der Waals surface area contributed by atoms with E-state index in [4.69, 9.17) is 0 Å². The van der Waals surface area contributed by atoms with Gasteiger partial charge in [0.05, 0.1) is 6.21 Å². The van der Waals surface area contributed by atoms with E-state index in [0.29, 0.717) is 12.5 Å². The molecule has 1 heterocycles. The lowest BCUT2D eigenvalue weighted by atomic mass is 10.2. The molecule has 0 fully saturated rings. The van der Waals surface area contributed by atoms with Gasteiger partial charge < -0.3 is 5.32 Å². The van der Waals surface area contributed by atoms with Gasteiger partial charge in [0, 0.05) is 11.4 Å². The van der Waals surface area contributed by atoms with Gasteiger partial charge in [-0.05, 0) is 29.9 Å². The number of thiophene rings is 1. The van der Waals surface area contributed by atoms with Gasteiger partial charge in [-0.2, -0.15) is 5.10 Å². The third kappa shape index (κ3) is 6.15. The molecule has 104 valence electrons. The van der Waals surface area contributed by atoms with E-state index < -0.39 is 5.91 Å². The van der Waals surface area contributed by atoms with Crippen LogP contribution in [0.4, 0.5) is 0 Å². The summed E-state index contributed by atoms with van der Waals surface area (Å²) in [5, 5.41) is 8.46. The first-order chi connectivity index (χ1) is 8.99. The van der Waals surface area contributed by atoms with Crippen molar-refractivity contribution >= 4 is 29.4 Å². The average molecular weight is 281 g/mol. The maximum absolute atomic E-state index is 11.4. The molecule has 0 spiro atoms. The van der Waals surface area contributed by atoms with Crippen LogP contribution in [0.5, 0.6) is 0 Å². The summed E-state index contributed by atoms with van der Waals surface area (Å²) in [7, 11) is 0. The quantitative estimate of drug-likeness (QED) is 0.473. The van der Waals surface area contributed by atoms with E-state index in [9.17, 15) is 9.59 Å². The smallest absolute Gasteiger partial charge is 0.249 e. The lowest BCUT2D eigenvalue weighted by Crippen LogP contribution is -2.32. The molecule has 0 radical (unpaired) electrons. The normalized spacial score (nSPS) is 10.9. The van der Waals surface area contributed by atoms with E-state index in [2.05, 4.69) is 15.8 Å². The largest absolute Gasteiger partial charge is 0.355 e. The molecule has 0 bridgehead atoms. The molecule has 0 aromatic carbocycles. The minimum atomic E-state index is -0.410. The minimum absolute atomic E-state index is 0.201. The van der Waals surface area contributed by atoms with Gasteiger partial charge in [0.2, 0.25) is 11.8 Å². The molecule has 1 aromatic rings. The van der Waals surface area contributed by atoms with Gasteiger partial charge in [-0.3, -0.25) is 9.59 Å². The summed E-state index contributed by atoms with van der Waals surface area (Å²) in [5.41, 5.74) is 3.45. The number of hydrazone groups is 1. The number of carbonyl (C=O) groups is 2. The molecule has 0 saturated heterocycles. The third-order valence-electron chi connectivity index (χ3n) is 2.30. The van der Waals surface area contributed by atoms with Gasteiger partial charge >= 0.3 is 0 Å². The van der Waals surface area contributed by atoms with Crippen LogP contribution < -0.4 is 10.7 Å². The van der Waals surface area contributed by atoms with E-state index in [0.717, 1.165) is 10.4 Å². The highest BCUT2D eigenvalue weighted by Gasteiger charge is 2.08. The molecule has 1 rings (SSSR count). The Morgan fingerprint density at radius 3 is 2.74 bits per heavy atom. The SMILES string of the molecule is Cc1ccsc1/C=N/NC(=O)CC(=O)NCC(C)C. The second kappa shape index (κ2) is 7.68. The lowest BCUT2D eigenvalue weighted by molar-refractivity contribution is -0.129. The van der Waals surface area contributed by atoms with Crippen molar-refractivity contribution in [2.24, 2.45) is 11.0 Å². The summed E-state index contributed by atoms with van der Waals surface area (Å²) in [5.74, 6) is -0.327. The monoisotopic (exact) mass is 281 g/mol. The van der Waals surface area contributed by atoms with Crippen molar-refractivity contribution in [2.75, 3.05) is 6.54 Å². The van der Waals surface area contributed by atoms with Crippen molar-refractivity contribution in [2.45, 2.75) is 27.2 Å². The molecule has 0 aliphatic rings. The number of hydrogen-bond acceptors (Lipinski definition) is 4. The van der Waals surface area contributed by atoms with Crippen molar-refractivity contribution in [3.8, 4) is 0 Å². The zero-order valence-corrected chi connectivity index (χ0v) is 12.2. The maximum Gasteiger partial charge on any atom is 0.249 e. The number of rotatable bonds is 6. The van der Waals surface area contributed by atoms with Crippen LogP contribution in [0.15, 0.2) is 16.5 Å². The van der Waals surface area contributed by atoms with Crippen molar-refractivity contribution in [3.05, 3.63) is 21.9 Å². The topological polar surface area (TPSA) is 70.6 Å². The number of amides is 2. The molecular weight excluding hydrogens is 262 g/mol. The van der Waals surface area contributed by atoms with Crippen LogP contribution in [-0.4, -0.2) is 24.6 Å². The van der Waals surface area contributed by atoms with Crippen LogP contribution >= 0.6 is 11.3 Å². The summed E-state index contributed by atoms with van der Waals surface area (Å²) in [6.45, 7) is 6.53. The number of nitrogens with zero attached hydrogens (tertiary/aromatic N) is 1. The maximum atomic E-state index is 11.4. The van der Waals surface area contributed by atoms with Gasteiger partial charge in [-0.25, -0.2) is 5.43 Å². The summed E-state index contributed by atoms with van der Waals surface area (Å²) >= 11 is 1.55. The van der Waals surface area contributed by atoms with Crippen LogP contribution in [0.1, 0.15) is 30.7 Å². The van der Waals surface area contributed by atoms with Crippen LogP contribution in [-0.2, 0) is 9.59 Å². The third-order valence-corrected chi connectivity index (χ3v) is 3.25. The molecule has 19 heavy (non-hydrogen) atoms. The molecular formula is C13H19N3O2S. The summed E-state index contributed by atoms with van der Waals surface area (Å²) in [4.78, 5) is 23.8. The van der Waals surface area contributed by atoms with Crippen molar-refractivity contribution in [1.29, 1.82) is 0 Å². The number of hydrogen-bond donors (Lipinski definition) is 2. The second-order valence-corrected chi connectivity index (χ2v) is 5.58. The van der Waals surface area contributed by atoms with Crippen LogP contribution in [0.3, 0.4) is 0 Å². The van der Waals surface area contributed by atoms with Gasteiger partial charge in [-0.1, -0.05) is 13.8 Å². The standard InChI is InChI=1S/C13H19N3O2S/c1-9(2)7-14-12(17)6-13(18)16-15-8-11-10(3)4-5-19-11/h4-5,8-9H,6-7H2,1-3H3,(H,14,17)(H,16,18)/b15-8+. The van der Waals surface area contributed by atoms with E-state index >= 15 is 0 Å². The van der Waals surface area contributed by atoms with Gasteiger partial charge in [0.15, 0.2) is 0 Å². The Bertz CT molecular complexity index is 466. The Balaban J connectivity index is 2.30. The molecule has 0 aliphatic carbocycles. The molecule has 0 aliphatic heterocycles. The second-order valence-electron chi connectivity index (χ2n) is 4.64. The number of carbonyl (C=O) groups excluding carboxylic acids is 2. The summed E-state index contributed by atoms with van der Waals surface area (Å²) in [6.07, 6.45) is 1.39. The highest BCUT2D eigenvalue weighted by atomic mass is 32.1. The zero-order chi connectivity index (χ0) is 14.3. The van der Waals surface area contributed by atoms with Crippen molar-refractivity contribution in [3.63, 3.8) is 0 Å². The molecule has 6 heteroatoms. The predicted octanol–water partition coefficient (Wildman–Crippen LogP) is 1.67. The van der Waals surface area contributed by atoms with E-state index in [-0.39, 0.29) is 12.3 Å². The zero-order valence-electron chi connectivity index (χ0n) is 11.4. The average Bonchev–Trinajstić information content (AvgIpc) is 2.72. The fraction of sp³-hybridized carbons (Fsp3) is 0.462. The van der Waals surface area contributed by atoms with Gasteiger partial charge in [0.1, 0.15) is 6.42 Å². The Hall–Kier alpha value is -1.69. The van der Waals surface area contributed by atoms with Crippen molar-refractivity contribution < 1.29 is 9.59 Å². The lowest BCUT2D eigenvalue weighted by Gasteiger charge is -2.06. The fourth-order valence-corrected chi connectivity index (χ4v) is 2.03. The fourth-order valence-electron chi connectivity index (χ4n) is 1.25. The first kappa shape index (κ1) is 15.4. The highest BCUT2D eigenvalue weighted by Crippen LogP contribution is 2.12. The minimum Gasteiger partial charge on any atom is -0.355 e. The first-order valence-electron chi connectivity index (χ1n) is 6.11. The first-order valence-corrected chi connectivity index (χ1v) is 6.99. The number of aryl methyl sites for hydroxylation is 1. The Morgan fingerprint density at radius 2 is 2.16 bits per heavy atom. The molecule has 0 unspecified atom stereocenters. The predicted molar refractivity (Wildman–Crippen MR) is 77.3 cm³/mol. The van der Waals surface area contributed by atoms with Gasteiger partial charge in [-0.15, -0.1) is 11.3 Å². The molecule has 0 atom stereocenters. The van der Waals surface area contributed by atoms with E-state index in [1.807, 2.05) is 32.2 Å². The van der Waals surface area contributed by atoms with Crippen LogP contribution in [0.25, 0.3) is 0 Å². The number of nitrogens with one attached hydrogen (secondary N) is 2. The Labute approximate surface area is 117 Å². The Morgan fingerprint density at radius 1 is 1.42 bits per heavy atom. The van der Waals surface area contributed by atoms with Gasteiger partial charge in [0.25, 0.3) is 0 Å². The molecule has 1 aromatic heterocycles. The van der Waals surface area contributed by atoms with E-state index in [1.165, 1.54) is 0 Å². The van der Waals surface area contributed by atoms with Crippen LogP contribution in [0, 0.1) is 12.8 Å². The molecule has 0 saturated carbocycles. The molecule has 2 N–H and O–H groups in total.